The molecule has 1 saturated heterocycles. The Morgan fingerprint density at radius 3 is 2.67 bits per heavy atom. The first-order chi connectivity index (χ1) is 9.81. The van der Waals surface area contributed by atoms with Crippen LogP contribution < -0.4 is 5.32 Å². The molecule has 1 aromatic rings. The average Bonchev–Trinajstić information content (AvgIpc) is 2.75. The summed E-state index contributed by atoms with van der Waals surface area (Å²) < 4.78 is 26.7. The van der Waals surface area contributed by atoms with Gasteiger partial charge >= 0.3 is 12.0 Å². The van der Waals surface area contributed by atoms with E-state index in [0.717, 1.165) is 11.0 Å². The van der Waals surface area contributed by atoms with Gasteiger partial charge in [0.15, 0.2) is 5.82 Å². The smallest absolute Gasteiger partial charge is 0.326 e. The Morgan fingerprint density at radius 1 is 1.43 bits per heavy atom. The Hall–Kier alpha value is -1.70. The summed E-state index contributed by atoms with van der Waals surface area (Å²) in [7, 11) is 0. The van der Waals surface area contributed by atoms with Crippen LogP contribution >= 0.6 is 15.9 Å². The van der Waals surface area contributed by atoms with Gasteiger partial charge in [-0.1, -0.05) is 6.92 Å². The number of carboxylic acids is 1. The van der Waals surface area contributed by atoms with E-state index in [4.69, 9.17) is 5.11 Å². The summed E-state index contributed by atoms with van der Waals surface area (Å²) in [5.74, 6) is -3.01. The predicted molar refractivity (Wildman–Crippen MR) is 75.0 cm³/mol. The van der Waals surface area contributed by atoms with Crippen LogP contribution in [0.2, 0.25) is 0 Å². The van der Waals surface area contributed by atoms with Gasteiger partial charge in [-0.15, -0.1) is 0 Å². The first-order valence-corrected chi connectivity index (χ1v) is 7.05. The normalized spacial score (nSPS) is 21.4. The third-order valence-corrected chi connectivity index (χ3v) is 4.08. The van der Waals surface area contributed by atoms with Crippen LogP contribution in [0.5, 0.6) is 0 Å². The summed E-state index contributed by atoms with van der Waals surface area (Å²) in [4.78, 5) is 24.5. The standard InChI is InChI=1S/C13H13BrF2N2O3/c1-6-2-3-18(11(6)12(19)20)13(21)17-10-8(14)4-7(15)5-9(10)16/h4-6,11H,2-3H2,1H3,(H,17,21)(H,19,20). The van der Waals surface area contributed by atoms with Crippen molar-refractivity contribution in [1.29, 1.82) is 0 Å². The number of anilines is 1. The Balaban J connectivity index is 2.21. The number of nitrogens with one attached hydrogen (secondary N) is 1. The number of halogens is 3. The van der Waals surface area contributed by atoms with E-state index in [1.165, 1.54) is 0 Å². The molecular formula is C13H13BrF2N2O3. The lowest BCUT2D eigenvalue weighted by Crippen LogP contribution is -2.45. The van der Waals surface area contributed by atoms with Gasteiger partial charge in [-0.2, -0.15) is 0 Å². The van der Waals surface area contributed by atoms with E-state index in [0.29, 0.717) is 12.5 Å². The van der Waals surface area contributed by atoms with Crippen LogP contribution in [0.4, 0.5) is 19.3 Å². The number of carboxylic acid groups (broad SMARTS) is 1. The number of amides is 2. The van der Waals surface area contributed by atoms with E-state index >= 15 is 0 Å². The van der Waals surface area contributed by atoms with Gasteiger partial charge in [-0.25, -0.2) is 18.4 Å². The zero-order valence-corrected chi connectivity index (χ0v) is 12.7. The molecular weight excluding hydrogens is 350 g/mol. The number of nitrogens with zero attached hydrogens (tertiary/aromatic N) is 1. The Bertz CT molecular complexity index is 574. The molecule has 5 nitrogen and oxygen atoms in total. The maximum absolute atomic E-state index is 13.7. The molecule has 1 aromatic carbocycles. The number of likely N-dealkylation sites (tertiary alicyclic amines) is 1. The maximum Gasteiger partial charge on any atom is 0.326 e. The summed E-state index contributed by atoms with van der Waals surface area (Å²) >= 11 is 2.96. The van der Waals surface area contributed by atoms with Gasteiger partial charge in [-0.05, 0) is 34.3 Å². The van der Waals surface area contributed by atoms with E-state index in [-0.39, 0.29) is 22.6 Å². The van der Waals surface area contributed by atoms with Crippen molar-refractivity contribution in [2.45, 2.75) is 19.4 Å². The van der Waals surface area contributed by atoms with Crippen LogP contribution in [0.3, 0.4) is 0 Å². The lowest BCUT2D eigenvalue weighted by molar-refractivity contribution is -0.142. The Labute approximate surface area is 128 Å². The quantitative estimate of drug-likeness (QED) is 0.849. The molecule has 114 valence electrons. The number of carbonyl (C=O) groups excluding carboxylic acids is 1. The van der Waals surface area contributed by atoms with Crippen LogP contribution in [0, 0.1) is 17.6 Å². The van der Waals surface area contributed by atoms with Crippen molar-refractivity contribution in [2.24, 2.45) is 5.92 Å². The highest BCUT2D eigenvalue weighted by Crippen LogP contribution is 2.29. The highest BCUT2D eigenvalue weighted by atomic mass is 79.9. The zero-order valence-electron chi connectivity index (χ0n) is 11.1. The molecule has 2 atom stereocenters. The maximum atomic E-state index is 13.7. The first-order valence-electron chi connectivity index (χ1n) is 6.26. The van der Waals surface area contributed by atoms with Crippen molar-refractivity contribution < 1.29 is 23.5 Å². The summed E-state index contributed by atoms with van der Waals surface area (Å²) in [5, 5.41) is 11.4. The fourth-order valence-electron chi connectivity index (χ4n) is 2.39. The van der Waals surface area contributed by atoms with Crippen molar-refractivity contribution >= 4 is 33.6 Å². The second-order valence-corrected chi connectivity index (χ2v) is 5.77. The third-order valence-electron chi connectivity index (χ3n) is 3.45. The predicted octanol–water partition coefficient (Wildman–Crippen LogP) is 3.05. The second kappa shape index (κ2) is 5.97. The molecule has 2 unspecified atom stereocenters. The number of aliphatic carboxylic acids is 1. The molecule has 0 aromatic heterocycles. The van der Waals surface area contributed by atoms with Crippen LogP contribution in [0.15, 0.2) is 16.6 Å². The molecule has 0 spiro atoms. The largest absolute Gasteiger partial charge is 0.480 e. The number of carbonyl (C=O) groups is 2. The average molecular weight is 363 g/mol. The molecule has 1 aliphatic heterocycles. The first kappa shape index (κ1) is 15.7. The van der Waals surface area contributed by atoms with Crippen molar-refractivity contribution in [3.8, 4) is 0 Å². The van der Waals surface area contributed by atoms with Gasteiger partial charge in [0.25, 0.3) is 0 Å². The minimum atomic E-state index is -1.10. The lowest BCUT2D eigenvalue weighted by atomic mass is 10.0. The van der Waals surface area contributed by atoms with E-state index < -0.39 is 29.7 Å². The third kappa shape index (κ3) is 3.15. The van der Waals surface area contributed by atoms with Crippen LogP contribution in [0.1, 0.15) is 13.3 Å². The Kier molecular flexibility index (Phi) is 4.46. The van der Waals surface area contributed by atoms with Crippen molar-refractivity contribution in [2.75, 3.05) is 11.9 Å². The number of hydrogen-bond acceptors (Lipinski definition) is 2. The number of hydrogen-bond donors (Lipinski definition) is 2. The monoisotopic (exact) mass is 362 g/mol. The van der Waals surface area contributed by atoms with Gasteiger partial charge in [0.05, 0.1) is 5.69 Å². The van der Waals surface area contributed by atoms with Crippen LogP contribution in [-0.4, -0.2) is 34.6 Å². The van der Waals surface area contributed by atoms with Gasteiger partial charge in [0.2, 0.25) is 0 Å². The SMILES string of the molecule is CC1CCN(C(=O)Nc2c(F)cc(F)cc2Br)C1C(=O)O. The highest BCUT2D eigenvalue weighted by Gasteiger charge is 2.39. The fraction of sp³-hybridized carbons (Fsp3) is 0.385. The van der Waals surface area contributed by atoms with Crippen molar-refractivity contribution in [3.05, 3.63) is 28.2 Å². The summed E-state index contributed by atoms with van der Waals surface area (Å²) in [6.45, 7) is 2.00. The van der Waals surface area contributed by atoms with E-state index in [1.54, 1.807) is 6.92 Å². The minimum absolute atomic E-state index is 0.0486. The topological polar surface area (TPSA) is 69.6 Å². The molecule has 0 radical (unpaired) electrons. The number of benzene rings is 1. The molecule has 1 heterocycles. The molecule has 2 N–H and O–H groups in total. The Morgan fingerprint density at radius 2 is 2.10 bits per heavy atom. The molecule has 1 aliphatic rings. The molecule has 8 heteroatoms. The van der Waals surface area contributed by atoms with Gasteiger partial charge in [0.1, 0.15) is 11.9 Å². The van der Waals surface area contributed by atoms with E-state index in [9.17, 15) is 18.4 Å². The minimum Gasteiger partial charge on any atom is -0.480 e. The molecule has 2 rings (SSSR count). The zero-order chi connectivity index (χ0) is 15.7. The van der Waals surface area contributed by atoms with Crippen molar-refractivity contribution in [1.82, 2.24) is 4.90 Å². The highest BCUT2D eigenvalue weighted by molar-refractivity contribution is 9.10. The van der Waals surface area contributed by atoms with E-state index in [2.05, 4.69) is 21.2 Å². The van der Waals surface area contributed by atoms with Crippen LogP contribution in [-0.2, 0) is 4.79 Å². The van der Waals surface area contributed by atoms with Gasteiger partial charge < -0.3 is 15.3 Å². The number of rotatable bonds is 2. The van der Waals surface area contributed by atoms with Gasteiger partial charge in [0, 0.05) is 17.1 Å². The lowest BCUT2D eigenvalue weighted by Gasteiger charge is -2.24. The van der Waals surface area contributed by atoms with E-state index in [1.807, 2.05) is 0 Å². The molecule has 0 saturated carbocycles. The molecule has 0 aliphatic carbocycles. The molecule has 1 fully saturated rings. The molecule has 2 amide bonds. The second-order valence-electron chi connectivity index (χ2n) is 4.92. The summed E-state index contributed by atoms with van der Waals surface area (Å²) in [6, 6.07) is -0.0213. The molecule has 21 heavy (non-hydrogen) atoms. The fourth-order valence-corrected chi connectivity index (χ4v) is 2.90. The summed E-state index contributed by atoms with van der Waals surface area (Å²) in [5.41, 5.74) is -0.218. The number of urea groups is 1. The van der Waals surface area contributed by atoms with Crippen LogP contribution in [0.25, 0.3) is 0 Å². The molecule has 0 bridgehead atoms. The summed E-state index contributed by atoms with van der Waals surface area (Å²) in [6.07, 6.45) is 0.553. The van der Waals surface area contributed by atoms with Crippen molar-refractivity contribution in [3.63, 3.8) is 0 Å². The van der Waals surface area contributed by atoms with Gasteiger partial charge in [-0.3, -0.25) is 0 Å².